The van der Waals surface area contributed by atoms with Crippen molar-refractivity contribution in [1.82, 2.24) is 14.6 Å². The molecule has 6 nitrogen and oxygen atoms in total. The average Bonchev–Trinajstić information content (AvgIpc) is 3.37. The van der Waals surface area contributed by atoms with E-state index in [1.165, 1.54) is 22.8 Å². The highest BCUT2D eigenvalue weighted by Gasteiger charge is 2.33. The number of terminal acetylenes is 1. The Hall–Kier alpha value is -3.72. The molecule has 0 saturated heterocycles. The first-order chi connectivity index (χ1) is 13.4. The normalized spacial score (nSPS) is 13.8. The summed E-state index contributed by atoms with van der Waals surface area (Å²) in [4.78, 5) is 4.22. The highest BCUT2D eigenvalue weighted by atomic mass is 19.4. The number of benzene rings is 1. The lowest BCUT2D eigenvalue weighted by atomic mass is 10.1. The number of alkyl halides is 3. The van der Waals surface area contributed by atoms with Crippen molar-refractivity contribution >= 4 is 22.8 Å². The molecule has 4 rings (SSSR count). The Morgan fingerprint density at radius 2 is 2.04 bits per heavy atom. The van der Waals surface area contributed by atoms with Gasteiger partial charge in [-0.2, -0.15) is 22.9 Å². The summed E-state index contributed by atoms with van der Waals surface area (Å²) >= 11 is 0. The molecule has 0 radical (unpaired) electrons. The second-order valence-corrected chi connectivity index (χ2v) is 6.38. The van der Waals surface area contributed by atoms with Crippen LogP contribution < -0.4 is 10.6 Å². The van der Waals surface area contributed by atoms with Crippen molar-refractivity contribution in [3.05, 3.63) is 47.3 Å². The third kappa shape index (κ3) is 3.30. The Balaban J connectivity index is 1.73. The van der Waals surface area contributed by atoms with Crippen LogP contribution >= 0.6 is 0 Å². The van der Waals surface area contributed by atoms with Crippen molar-refractivity contribution in [2.45, 2.75) is 25.1 Å². The van der Waals surface area contributed by atoms with Gasteiger partial charge in [-0.15, -0.1) is 11.5 Å². The molecule has 1 saturated carbocycles. The standard InChI is InChI=1S/C19H13F3N6/c1-2-11-7-13(5-6-15(11)19(20,21)22)26-17-8-16(25-12-3-4-12)18-24-10-14(9-23)28(18)27-17/h1,5-8,10,12,25H,3-4H2,(H,26,27). The maximum atomic E-state index is 13.0. The second-order valence-electron chi connectivity index (χ2n) is 6.38. The zero-order valence-electron chi connectivity index (χ0n) is 14.4. The molecule has 2 aromatic heterocycles. The van der Waals surface area contributed by atoms with Crippen molar-refractivity contribution in [2.75, 3.05) is 10.6 Å². The number of hydrogen-bond acceptors (Lipinski definition) is 5. The van der Waals surface area contributed by atoms with Crippen molar-refractivity contribution in [2.24, 2.45) is 0 Å². The van der Waals surface area contributed by atoms with Crippen LogP contribution in [-0.2, 0) is 6.18 Å². The molecule has 0 aliphatic heterocycles. The van der Waals surface area contributed by atoms with Gasteiger partial charge in [-0.25, -0.2) is 4.98 Å². The van der Waals surface area contributed by atoms with Gasteiger partial charge in [0.15, 0.2) is 17.2 Å². The van der Waals surface area contributed by atoms with Crippen LogP contribution in [0.15, 0.2) is 30.5 Å². The van der Waals surface area contributed by atoms with Crippen molar-refractivity contribution in [3.63, 3.8) is 0 Å². The molecule has 0 spiro atoms. The van der Waals surface area contributed by atoms with Crippen LogP contribution in [0.2, 0.25) is 0 Å². The van der Waals surface area contributed by atoms with Gasteiger partial charge in [0.05, 0.1) is 17.4 Å². The summed E-state index contributed by atoms with van der Waals surface area (Å²) in [5.41, 5.74) is 0.644. The van der Waals surface area contributed by atoms with Crippen LogP contribution in [0.4, 0.5) is 30.4 Å². The van der Waals surface area contributed by atoms with Crippen molar-refractivity contribution < 1.29 is 13.2 Å². The number of imidazole rings is 1. The van der Waals surface area contributed by atoms with E-state index in [1.807, 2.05) is 6.07 Å². The van der Waals surface area contributed by atoms with Gasteiger partial charge < -0.3 is 10.6 Å². The molecule has 1 aromatic carbocycles. The van der Waals surface area contributed by atoms with E-state index in [1.54, 1.807) is 6.07 Å². The van der Waals surface area contributed by atoms with Crippen LogP contribution in [0.25, 0.3) is 5.65 Å². The smallest absolute Gasteiger partial charge is 0.379 e. The van der Waals surface area contributed by atoms with Crippen LogP contribution in [0.3, 0.4) is 0 Å². The van der Waals surface area contributed by atoms with Gasteiger partial charge in [0.2, 0.25) is 0 Å². The lowest BCUT2D eigenvalue weighted by Gasteiger charge is -2.13. The van der Waals surface area contributed by atoms with Crippen LogP contribution in [-0.4, -0.2) is 20.6 Å². The predicted molar refractivity (Wildman–Crippen MR) is 97.0 cm³/mol. The number of nitrogens with zero attached hydrogens (tertiary/aromatic N) is 4. The van der Waals surface area contributed by atoms with E-state index in [9.17, 15) is 18.4 Å². The van der Waals surface area contributed by atoms with Gasteiger partial charge in [0.1, 0.15) is 6.07 Å². The fourth-order valence-corrected chi connectivity index (χ4v) is 2.80. The molecule has 1 aliphatic carbocycles. The van der Waals surface area contributed by atoms with Gasteiger partial charge >= 0.3 is 6.18 Å². The predicted octanol–water partition coefficient (Wildman–Crippen LogP) is 3.92. The minimum absolute atomic E-state index is 0.245. The van der Waals surface area contributed by atoms with E-state index in [-0.39, 0.29) is 11.3 Å². The third-order valence-corrected chi connectivity index (χ3v) is 4.27. The highest BCUT2D eigenvalue weighted by Crippen LogP contribution is 2.34. The molecule has 3 aromatic rings. The molecule has 1 fully saturated rings. The molecular weight excluding hydrogens is 369 g/mol. The van der Waals surface area contributed by atoms with E-state index in [0.29, 0.717) is 28.9 Å². The van der Waals surface area contributed by atoms with E-state index in [4.69, 9.17) is 6.42 Å². The molecule has 2 heterocycles. The zero-order valence-corrected chi connectivity index (χ0v) is 14.4. The minimum atomic E-state index is -4.53. The molecule has 28 heavy (non-hydrogen) atoms. The molecule has 0 amide bonds. The van der Waals surface area contributed by atoms with E-state index in [0.717, 1.165) is 18.9 Å². The van der Waals surface area contributed by atoms with Crippen LogP contribution in [0, 0.1) is 23.7 Å². The number of rotatable bonds is 4. The summed E-state index contributed by atoms with van der Waals surface area (Å²) in [7, 11) is 0. The summed E-state index contributed by atoms with van der Waals surface area (Å²) in [5.74, 6) is 2.41. The Bertz CT molecular complexity index is 1150. The summed E-state index contributed by atoms with van der Waals surface area (Å²) < 4.78 is 40.4. The minimum Gasteiger partial charge on any atom is -0.379 e. The lowest BCUT2D eigenvalue weighted by Crippen LogP contribution is -2.09. The van der Waals surface area contributed by atoms with Gasteiger partial charge in [0.25, 0.3) is 0 Å². The van der Waals surface area contributed by atoms with Crippen molar-refractivity contribution in [3.8, 4) is 18.4 Å². The van der Waals surface area contributed by atoms with Crippen LogP contribution in [0.1, 0.15) is 29.7 Å². The maximum absolute atomic E-state index is 13.0. The molecule has 9 heteroatoms. The van der Waals surface area contributed by atoms with Gasteiger partial charge in [-0.05, 0) is 31.0 Å². The lowest BCUT2D eigenvalue weighted by molar-refractivity contribution is -0.137. The quantitative estimate of drug-likeness (QED) is 0.669. The highest BCUT2D eigenvalue weighted by molar-refractivity contribution is 5.74. The number of fused-ring (bicyclic) bond motifs is 1. The molecule has 1 aliphatic rings. The Morgan fingerprint density at radius 1 is 1.25 bits per heavy atom. The number of halogens is 3. The SMILES string of the molecule is C#Cc1cc(Nc2cc(NC3CC3)c3ncc(C#N)n3n2)ccc1C(F)(F)F. The number of nitrogens with one attached hydrogen (secondary N) is 2. The topological polar surface area (TPSA) is 78.0 Å². The molecule has 0 unspecified atom stereocenters. The monoisotopic (exact) mass is 382 g/mol. The first kappa shape index (κ1) is 17.7. The number of anilines is 3. The summed E-state index contributed by atoms with van der Waals surface area (Å²) in [5, 5.41) is 19.8. The molecule has 2 N–H and O–H groups in total. The fraction of sp³-hybridized carbons (Fsp3) is 0.211. The van der Waals surface area contributed by atoms with Crippen molar-refractivity contribution in [1.29, 1.82) is 5.26 Å². The number of nitriles is 1. The Morgan fingerprint density at radius 3 is 2.68 bits per heavy atom. The maximum Gasteiger partial charge on any atom is 0.417 e. The molecule has 140 valence electrons. The molecule has 0 bridgehead atoms. The van der Waals surface area contributed by atoms with E-state index in [2.05, 4.69) is 26.6 Å². The van der Waals surface area contributed by atoms with Gasteiger partial charge in [-0.3, -0.25) is 0 Å². The Kier molecular flexibility index (Phi) is 4.08. The summed E-state index contributed by atoms with van der Waals surface area (Å²) in [6.07, 6.45) is 4.20. The summed E-state index contributed by atoms with van der Waals surface area (Å²) in [6, 6.07) is 7.49. The third-order valence-electron chi connectivity index (χ3n) is 4.27. The first-order valence-corrected chi connectivity index (χ1v) is 8.39. The van der Waals surface area contributed by atoms with Gasteiger partial charge in [0, 0.05) is 23.4 Å². The summed E-state index contributed by atoms with van der Waals surface area (Å²) in [6.45, 7) is 0. The van der Waals surface area contributed by atoms with Gasteiger partial charge in [-0.1, -0.05) is 5.92 Å². The van der Waals surface area contributed by atoms with E-state index >= 15 is 0 Å². The fourth-order valence-electron chi connectivity index (χ4n) is 2.80. The Labute approximate surface area is 158 Å². The zero-order chi connectivity index (χ0) is 19.9. The number of hydrogen-bond donors (Lipinski definition) is 2. The number of aromatic nitrogens is 3. The molecule has 0 atom stereocenters. The second kappa shape index (κ2) is 6.46. The average molecular weight is 382 g/mol. The first-order valence-electron chi connectivity index (χ1n) is 8.39. The molecular formula is C19H13F3N6. The largest absolute Gasteiger partial charge is 0.417 e. The van der Waals surface area contributed by atoms with E-state index < -0.39 is 11.7 Å². The van der Waals surface area contributed by atoms with Crippen LogP contribution in [0.5, 0.6) is 0 Å².